The average molecular weight is 279 g/mol. The molecule has 2 unspecified atom stereocenters. The van der Waals surface area contributed by atoms with Gasteiger partial charge in [-0.05, 0) is 48.6 Å². The van der Waals surface area contributed by atoms with Crippen molar-refractivity contribution >= 4 is 9.47 Å². The largest absolute Gasteiger partial charge is 0.497 e. The molecule has 1 saturated heterocycles. The third kappa shape index (κ3) is 1.99. The smallest absolute Gasteiger partial charge is 0.119 e. The second-order valence-electron chi connectivity index (χ2n) is 5.79. The van der Waals surface area contributed by atoms with Crippen LogP contribution < -0.4 is 10.1 Å². The fourth-order valence-corrected chi connectivity index (χ4v) is 4.19. The molecule has 19 heavy (non-hydrogen) atoms. The fraction of sp³-hybridized carbons (Fsp3) is 0.600. The highest BCUT2D eigenvalue weighted by Crippen LogP contribution is 2.47. The highest BCUT2D eigenvalue weighted by molar-refractivity contribution is 7.09. The molecule has 0 saturated carbocycles. The summed E-state index contributed by atoms with van der Waals surface area (Å²) in [7, 11) is 4.15. The topological polar surface area (TPSA) is 30.5 Å². The highest BCUT2D eigenvalue weighted by Gasteiger charge is 2.48. The number of hydrogen-bond donors (Lipinski definition) is 1. The van der Waals surface area contributed by atoms with Crippen LogP contribution in [0.2, 0.25) is 0 Å². The molecule has 3 rings (SSSR count). The van der Waals surface area contributed by atoms with Crippen LogP contribution in [0.4, 0.5) is 0 Å². The normalized spacial score (nSPS) is 32.8. The molecule has 1 N–H and O–H groups in total. The molecule has 2 aliphatic rings. The maximum absolute atomic E-state index is 5.51. The Bertz CT molecular complexity index is 475. The van der Waals surface area contributed by atoms with Gasteiger partial charge in [-0.3, -0.25) is 0 Å². The minimum Gasteiger partial charge on any atom is -0.497 e. The van der Waals surface area contributed by atoms with Crippen LogP contribution in [0.1, 0.15) is 24.5 Å². The van der Waals surface area contributed by atoms with E-state index in [0.29, 0.717) is 12.0 Å². The molecular formula is C15H22NO2P. The molecule has 1 aliphatic carbocycles. The Morgan fingerprint density at radius 2 is 2.32 bits per heavy atom. The van der Waals surface area contributed by atoms with Crippen molar-refractivity contribution in [3.8, 4) is 5.75 Å². The van der Waals surface area contributed by atoms with Crippen LogP contribution >= 0.6 is 9.47 Å². The van der Waals surface area contributed by atoms with Crippen LogP contribution in [0.25, 0.3) is 0 Å². The summed E-state index contributed by atoms with van der Waals surface area (Å²) in [4.78, 5) is 0. The molecule has 1 aliphatic heterocycles. The zero-order valence-corrected chi connectivity index (χ0v) is 12.8. The second-order valence-corrected chi connectivity index (χ2v) is 6.13. The molecule has 0 amide bonds. The molecule has 1 heterocycles. The number of ether oxygens (including phenoxy) is 1. The van der Waals surface area contributed by atoms with Crippen molar-refractivity contribution in [1.29, 1.82) is 0 Å². The van der Waals surface area contributed by atoms with Gasteiger partial charge >= 0.3 is 0 Å². The van der Waals surface area contributed by atoms with Crippen molar-refractivity contribution in [3.05, 3.63) is 29.3 Å². The van der Waals surface area contributed by atoms with E-state index in [2.05, 4.69) is 39.9 Å². The monoisotopic (exact) mass is 279 g/mol. The lowest BCUT2D eigenvalue weighted by atomic mass is 9.59. The van der Waals surface area contributed by atoms with E-state index in [9.17, 15) is 0 Å². The summed E-state index contributed by atoms with van der Waals surface area (Å²) in [5.41, 5.74) is 3.00. The minimum absolute atomic E-state index is 0.125. The van der Waals surface area contributed by atoms with Gasteiger partial charge < -0.3 is 14.6 Å². The van der Waals surface area contributed by atoms with Crippen molar-refractivity contribution in [2.24, 2.45) is 5.92 Å². The third-order valence-corrected chi connectivity index (χ3v) is 5.25. The lowest BCUT2D eigenvalue weighted by Gasteiger charge is -2.51. The van der Waals surface area contributed by atoms with E-state index in [1.54, 1.807) is 7.11 Å². The van der Waals surface area contributed by atoms with E-state index < -0.39 is 0 Å². The van der Waals surface area contributed by atoms with E-state index in [4.69, 9.17) is 9.26 Å². The molecule has 0 radical (unpaired) electrons. The molecule has 2 bridgehead atoms. The molecule has 3 nitrogen and oxygen atoms in total. The first-order valence-electron chi connectivity index (χ1n) is 6.94. The lowest BCUT2D eigenvalue weighted by Crippen LogP contribution is -2.59. The molecule has 4 atom stereocenters. The van der Waals surface area contributed by atoms with Crippen LogP contribution in [0, 0.1) is 5.92 Å². The third-order valence-electron chi connectivity index (χ3n) is 5.09. The summed E-state index contributed by atoms with van der Waals surface area (Å²) in [5.74, 6) is 1.53. The van der Waals surface area contributed by atoms with Crippen LogP contribution in [-0.2, 0) is 16.4 Å². The maximum Gasteiger partial charge on any atom is 0.119 e. The molecule has 4 heteroatoms. The van der Waals surface area contributed by atoms with E-state index in [1.807, 2.05) is 0 Å². The molecule has 1 fully saturated rings. The summed E-state index contributed by atoms with van der Waals surface area (Å²) < 4.78 is 10.9. The van der Waals surface area contributed by atoms with Crippen LogP contribution in [-0.4, -0.2) is 26.3 Å². The van der Waals surface area contributed by atoms with Gasteiger partial charge in [-0.2, -0.15) is 0 Å². The van der Waals surface area contributed by atoms with Crippen LogP contribution in [0.3, 0.4) is 0 Å². The molecule has 1 aromatic rings. The zero-order valence-electron chi connectivity index (χ0n) is 11.6. The van der Waals surface area contributed by atoms with Gasteiger partial charge in [0.2, 0.25) is 0 Å². The van der Waals surface area contributed by atoms with E-state index in [1.165, 1.54) is 11.1 Å². The molecule has 0 aromatic heterocycles. The standard InChI is InChI=1S/C15H22NO2P/c1-10-14-7-11-3-4-12(17-2)8-13(11)15(10,9-18-19)5-6-16-14/h3-4,8,10,14,16H,5-7,9,19H2,1-2H3/t10-,14?,15+/m0/s1. The molecule has 104 valence electrons. The first-order valence-corrected chi connectivity index (χ1v) is 7.41. The van der Waals surface area contributed by atoms with Crippen molar-refractivity contribution in [2.75, 3.05) is 20.3 Å². The van der Waals surface area contributed by atoms with E-state index in [0.717, 1.165) is 31.7 Å². The minimum atomic E-state index is 0.125. The summed E-state index contributed by atoms with van der Waals surface area (Å²) in [6.45, 7) is 4.18. The van der Waals surface area contributed by atoms with Crippen molar-refractivity contribution in [3.63, 3.8) is 0 Å². The predicted molar refractivity (Wildman–Crippen MR) is 79.6 cm³/mol. The lowest BCUT2D eigenvalue weighted by molar-refractivity contribution is 0.0919. The van der Waals surface area contributed by atoms with Crippen molar-refractivity contribution < 1.29 is 9.26 Å². The quantitative estimate of drug-likeness (QED) is 0.861. The Labute approximate surface area is 117 Å². The molecular weight excluding hydrogens is 257 g/mol. The maximum atomic E-state index is 5.51. The summed E-state index contributed by atoms with van der Waals surface area (Å²) in [5, 5.41) is 3.66. The Hall–Kier alpha value is -0.630. The number of fused-ring (bicyclic) bond motifs is 4. The Kier molecular flexibility index (Phi) is 3.55. The van der Waals surface area contributed by atoms with Gasteiger partial charge in [0.1, 0.15) is 5.75 Å². The first kappa shape index (κ1) is 13.4. The average Bonchev–Trinajstić information content (AvgIpc) is 2.42. The first-order chi connectivity index (χ1) is 9.21. The summed E-state index contributed by atoms with van der Waals surface area (Å²) >= 11 is 0. The second kappa shape index (κ2) is 5.05. The number of methoxy groups -OCH3 is 1. The number of piperidine rings is 1. The summed E-state index contributed by atoms with van der Waals surface area (Å²) in [6, 6.07) is 7.07. The van der Waals surface area contributed by atoms with Crippen molar-refractivity contribution in [2.45, 2.75) is 31.2 Å². The van der Waals surface area contributed by atoms with Crippen molar-refractivity contribution in [1.82, 2.24) is 5.32 Å². The Balaban J connectivity index is 2.13. The van der Waals surface area contributed by atoms with Crippen LogP contribution in [0.5, 0.6) is 5.75 Å². The van der Waals surface area contributed by atoms with E-state index in [-0.39, 0.29) is 5.41 Å². The number of hydrogen-bond acceptors (Lipinski definition) is 3. The van der Waals surface area contributed by atoms with E-state index >= 15 is 0 Å². The van der Waals surface area contributed by atoms with Gasteiger partial charge in [-0.15, -0.1) is 0 Å². The van der Waals surface area contributed by atoms with Gasteiger partial charge in [0.25, 0.3) is 0 Å². The zero-order chi connectivity index (χ0) is 13.5. The van der Waals surface area contributed by atoms with Crippen LogP contribution in [0.15, 0.2) is 18.2 Å². The Morgan fingerprint density at radius 1 is 1.47 bits per heavy atom. The number of benzene rings is 1. The van der Waals surface area contributed by atoms with Gasteiger partial charge in [-0.25, -0.2) is 0 Å². The van der Waals surface area contributed by atoms with Gasteiger partial charge in [0, 0.05) is 20.9 Å². The summed E-state index contributed by atoms with van der Waals surface area (Å²) in [6.07, 6.45) is 2.23. The van der Waals surface area contributed by atoms with Gasteiger partial charge in [0.15, 0.2) is 0 Å². The Morgan fingerprint density at radius 3 is 3.05 bits per heavy atom. The van der Waals surface area contributed by atoms with Gasteiger partial charge in [-0.1, -0.05) is 13.0 Å². The SMILES string of the molecule is COc1ccc2c(c1)[C@@]1(COP)CCNC(C2)[C@@H]1C. The fourth-order valence-electron chi connectivity index (χ4n) is 3.89. The highest BCUT2D eigenvalue weighted by atomic mass is 31.0. The van der Waals surface area contributed by atoms with Gasteiger partial charge in [0.05, 0.1) is 13.7 Å². The number of rotatable bonds is 3. The molecule has 1 aromatic carbocycles. The molecule has 0 spiro atoms. The number of nitrogens with one attached hydrogen (secondary N) is 1. The predicted octanol–water partition coefficient (Wildman–Crippen LogP) is 2.29.